The van der Waals surface area contributed by atoms with Crippen molar-refractivity contribution in [3.8, 4) is 0 Å². The summed E-state index contributed by atoms with van der Waals surface area (Å²) in [5, 5.41) is 3.89. The first-order valence-electron chi connectivity index (χ1n) is 8.67. The summed E-state index contributed by atoms with van der Waals surface area (Å²) < 4.78 is 11.8. The van der Waals surface area contributed by atoms with Crippen LogP contribution in [0.4, 0.5) is 0 Å². The van der Waals surface area contributed by atoms with Crippen molar-refractivity contribution in [2.75, 3.05) is 44.4 Å². The Hall–Kier alpha value is 0.190. The molecule has 0 aliphatic carbocycles. The molecule has 2 atom stereocenters. The van der Waals surface area contributed by atoms with Crippen LogP contribution in [0.15, 0.2) is 0 Å². The second-order valence-corrected chi connectivity index (χ2v) is 9.33. The van der Waals surface area contributed by atoms with Gasteiger partial charge in [-0.2, -0.15) is 11.8 Å². The van der Waals surface area contributed by atoms with E-state index >= 15 is 0 Å². The lowest BCUT2D eigenvalue weighted by atomic mass is 9.91. The molecule has 0 unspecified atom stereocenters. The van der Waals surface area contributed by atoms with Crippen LogP contribution in [0.3, 0.4) is 0 Å². The van der Waals surface area contributed by atoms with Crippen LogP contribution in [0.25, 0.3) is 0 Å². The predicted molar refractivity (Wildman–Crippen MR) is 92.7 cm³/mol. The van der Waals surface area contributed by atoms with E-state index in [-0.39, 0.29) is 11.2 Å². The van der Waals surface area contributed by atoms with Gasteiger partial charge >= 0.3 is 0 Å². The van der Waals surface area contributed by atoms with Gasteiger partial charge in [-0.3, -0.25) is 4.90 Å². The molecule has 3 saturated heterocycles. The lowest BCUT2D eigenvalue weighted by molar-refractivity contribution is -0.0711. The largest absolute Gasteiger partial charge is 0.379 e. The van der Waals surface area contributed by atoms with E-state index in [4.69, 9.17) is 9.47 Å². The normalized spacial score (nSPS) is 38.5. The minimum absolute atomic E-state index is 0.0162. The number of morpholine rings is 1. The molecule has 3 heterocycles. The molecular formula is C17H32N2O2S. The van der Waals surface area contributed by atoms with Crippen LogP contribution in [0, 0.1) is 0 Å². The fraction of sp³-hybridized carbons (Fsp3) is 1.00. The van der Waals surface area contributed by atoms with Crippen LogP contribution in [-0.2, 0) is 9.47 Å². The number of nitrogens with zero attached hydrogens (tertiary/aromatic N) is 1. The maximum Gasteiger partial charge on any atom is 0.0787 e. The van der Waals surface area contributed by atoms with Crippen molar-refractivity contribution in [1.29, 1.82) is 0 Å². The van der Waals surface area contributed by atoms with Crippen LogP contribution in [0.2, 0.25) is 0 Å². The average molecular weight is 329 g/mol. The lowest BCUT2D eigenvalue weighted by Crippen LogP contribution is -2.60. The molecule has 128 valence electrons. The molecule has 0 amide bonds. The minimum Gasteiger partial charge on any atom is -0.379 e. The van der Waals surface area contributed by atoms with Crippen molar-refractivity contribution >= 4 is 11.8 Å². The van der Waals surface area contributed by atoms with Gasteiger partial charge in [0.25, 0.3) is 0 Å². The molecular weight excluding hydrogens is 296 g/mol. The maximum atomic E-state index is 6.24. The Morgan fingerprint density at radius 3 is 2.45 bits per heavy atom. The predicted octanol–water partition coefficient (Wildman–Crippen LogP) is 2.13. The van der Waals surface area contributed by atoms with Crippen LogP contribution < -0.4 is 5.32 Å². The Kier molecular flexibility index (Phi) is 4.83. The monoisotopic (exact) mass is 328 g/mol. The summed E-state index contributed by atoms with van der Waals surface area (Å²) in [5.41, 5.74) is 0.219. The molecule has 1 N–H and O–H groups in total. The Morgan fingerprint density at radius 1 is 1.18 bits per heavy atom. The molecule has 0 aromatic carbocycles. The van der Waals surface area contributed by atoms with E-state index in [1.165, 1.54) is 17.9 Å². The highest BCUT2D eigenvalue weighted by atomic mass is 32.2. The number of hydrogen-bond donors (Lipinski definition) is 1. The Labute approximate surface area is 139 Å². The molecule has 22 heavy (non-hydrogen) atoms. The quantitative estimate of drug-likeness (QED) is 0.855. The lowest BCUT2D eigenvalue weighted by Gasteiger charge is -2.44. The summed E-state index contributed by atoms with van der Waals surface area (Å²) in [6.07, 6.45) is 2.38. The van der Waals surface area contributed by atoms with Crippen molar-refractivity contribution in [1.82, 2.24) is 10.2 Å². The summed E-state index contributed by atoms with van der Waals surface area (Å²) in [6.45, 7) is 13.9. The SMILES string of the molecule is CC1(C)C[C@H](NC[C@]2(N3CCOCC3)CCSC2)C(C)(C)O1. The van der Waals surface area contributed by atoms with Crippen LogP contribution in [0.5, 0.6) is 0 Å². The Balaban J connectivity index is 1.65. The number of hydrogen-bond acceptors (Lipinski definition) is 5. The van der Waals surface area contributed by atoms with Crippen molar-refractivity contribution < 1.29 is 9.47 Å². The molecule has 3 aliphatic rings. The third-order valence-corrected chi connectivity index (χ3v) is 6.75. The van der Waals surface area contributed by atoms with E-state index in [9.17, 15) is 0 Å². The Bertz CT molecular complexity index is 388. The molecule has 5 heteroatoms. The third-order valence-electron chi connectivity index (χ3n) is 5.52. The number of nitrogens with one attached hydrogen (secondary N) is 1. The zero-order chi connectivity index (χ0) is 15.8. The highest BCUT2D eigenvalue weighted by Gasteiger charge is 2.47. The number of ether oxygens (including phenoxy) is 2. The Morgan fingerprint density at radius 2 is 1.91 bits per heavy atom. The second-order valence-electron chi connectivity index (χ2n) is 8.23. The zero-order valence-electron chi connectivity index (χ0n) is 14.6. The highest BCUT2D eigenvalue weighted by Crippen LogP contribution is 2.39. The molecule has 3 fully saturated rings. The summed E-state index contributed by atoms with van der Waals surface area (Å²) in [4.78, 5) is 2.68. The van der Waals surface area contributed by atoms with E-state index in [1.807, 2.05) is 0 Å². The summed E-state index contributed by atoms with van der Waals surface area (Å²) >= 11 is 2.10. The van der Waals surface area contributed by atoms with Gasteiger partial charge in [-0.1, -0.05) is 0 Å². The molecule has 0 spiro atoms. The van der Waals surface area contributed by atoms with E-state index in [0.717, 1.165) is 39.3 Å². The summed E-state index contributed by atoms with van der Waals surface area (Å²) in [7, 11) is 0. The van der Waals surface area contributed by atoms with Gasteiger partial charge < -0.3 is 14.8 Å². The molecule has 0 radical (unpaired) electrons. The van der Waals surface area contributed by atoms with E-state index in [2.05, 4.69) is 49.7 Å². The van der Waals surface area contributed by atoms with Gasteiger partial charge in [0.2, 0.25) is 0 Å². The number of rotatable bonds is 4. The number of thioether (sulfide) groups is 1. The van der Waals surface area contributed by atoms with Gasteiger partial charge in [0.1, 0.15) is 0 Å². The molecule has 0 saturated carbocycles. The van der Waals surface area contributed by atoms with Gasteiger partial charge in [-0.15, -0.1) is 0 Å². The van der Waals surface area contributed by atoms with Gasteiger partial charge in [-0.25, -0.2) is 0 Å². The van der Waals surface area contributed by atoms with Gasteiger partial charge in [-0.05, 0) is 46.3 Å². The van der Waals surface area contributed by atoms with Crippen molar-refractivity contribution in [3.63, 3.8) is 0 Å². The van der Waals surface area contributed by atoms with E-state index in [0.29, 0.717) is 11.6 Å². The zero-order valence-corrected chi connectivity index (χ0v) is 15.4. The fourth-order valence-corrected chi connectivity index (χ4v) is 5.81. The van der Waals surface area contributed by atoms with E-state index < -0.39 is 0 Å². The first-order chi connectivity index (χ1) is 10.3. The van der Waals surface area contributed by atoms with Gasteiger partial charge in [0.15, 0.2) is 0 Å². The summed E-state index contributed by atoms with van der Waals surface area (Å²) in [5.74, 6) is 2.53. The van der Waals surface area contributed by atoms with Crippen LogP contribution in [-0.4, -0.2) is 72.0 Å². The van der Waals surface area contributed by atoms with Gasteiger partial charge in [0, 0.05) is 37.0 Å². The molecule has 0 aromatic rings. The maximum absolute atomic E-state index is 6.24. The van der Waals surface area contributed by atoms with E-state index in [1.54, 1.807) is 0 Å². The molecule has 3 rings (SSSR count). The second kappa shape index (κ2) is 6.25. The van der Waals surface area contributed by atoms with Crippen molar-refractivity contribution in [3.05, 3.63) is 0 Å². The topological polar surface area (TPSA) is 33.7 Å². The first kappa shape index (κ1) is 17.0. The molecule has 0 aromatic heterocycles. The molecule has 3 aliphatic heterocycles. The smallest absolute Gasteiger partial charge is 0.0787 e. The van der Waals surface area contributed by atoms with Crippen molar-refractivity contribution in [2.24, 2.45) is 0 Å². The fourth-order valence-electron chi connectivity index (χ4n) is 4.33. The van der Waals surface area contributed by atoms with Crippen molar-refractivity contribution in [2.45, 2.75) is 63.3 Å². The standard InChI is InChI=1S/C17H32N2O2S/c1-15(2)11-14(16(3,4)21-15)18-12-17(5-10-22-13-17)19-6-8-20-9-7-19/h14,18H,5-13H2,1-4H3/t14-,17+/m0/s1. The minimum atomic E-state index is -0.0819. The molecule has 0 bridgehead atoms. The average Bonchev–Trinajstić information content (AvgIpc) is 3.00. The van der Waals surface area contributed by atoms with Gasteiger partial charge in [0.05, 0.1) is 24.4 Å². The molecule has 4 nitrogen and oxygen atoms in total. The third kappa shape index (κ3) is 3.48. The van der Waals surface area contributed by atoms with Crippen LogP contribution in [0.1, 0.15) is 40.5 Å². The highest BCUT2D eigenvalue weighted by molar-refractivity contribution is 7.99. The first-order valence-corrected chi connectivity index (χ1v) is 9.83. The summed E-state index contributed by atoms with van der Waals surface area (Å²) in [6, 6.07) is 0.436. The van der Waals surface area contributed by atoms with Crippen LogP contribution >= 0.6 is 11.8 Å².